The Morgan fingerprint density at radius 2 is 1.56 bits per heavy atom. The number of carbonyl (C=O) groups is 2. The molecule has 4 fully saturated rings. The number of aliphatic carboxylic acids is 1. The summed E-state index contributed by atoms with van der Waals surface area (Å²) in [4.78, 5) is 26.4. The van der Waals surface area contributed by atoms with E-state index in [1.807, 2.05) is 13.0 Å². The first-order valence-corrected chi connectivity index (χ1v) is 13.7. The van der Waals surface area contributed by atoms with Crippen LogP contribution in [-0.4, -0.2) is 28.1 Å². The van der Waals surface area contributed by atoms with Crippen molar-refractivity contribution in [3.63, 3.8) is 0 Å². The highest BCUT2D eigenvalue weighted by atomic mass is 16.4. The predicted molar refractivity (Wildman–Crippen MR) is 133 cm³/mol. The molecule has 190 valence electrons. The van der Waals surface area contributed by atoms with E-state index >= 15 is 0 Å². The zero-order valence-corrected chi connectivity index (χ0v) is 22.5. The molecular formula is C30H46O4. The SMILES string of the molecule is CC1(C)C(O)CC[C@@]2(C)C1CC[C@]1(C)C2C(=O)C=C2[C@@H]3C[C@@](C)(C(=O)O)CC[C@]3(C)CC[C@]21C. The number of ketones is 1. The average molecular weight is 471 g/mol. The second-order valence-electron chi connectivity index (χ2n) is 14.9. The maximum absolute atomic E-state index is 14.2. The minimum absolute atomic E-state index is 0.0296. The highest BCUT2D eigenvalue weighted by Crippen LogP contribution is 2.75. The van der Waals surface area contributed by atoms with Gasteiger partial charge in [0.25, 0.3) is 0 Å². The van der Waals surface area contributed by atoms with E-state index in [4.69, 9.17) is 0 Å². The van der Waals surface area contributed by atoms with Gasteiger partial charge in [-0.25, -0.2) is 0 Å². The van der Waals surface area contributed by atoms with Crippen LogP contribution in [0, 0.1) is 50.2 Å². The Kier molecular flexibility index (Phi) is 5.04. The number of hydrogen-bond acceptors (Lipinski definition) is 3. The van der Waals surface area contributed by atoms with Crippen LogP contribution in [0.1, 0.15) is 106 Å². The number of fused-ring (bicyclic) bond motifs is 7. The van der Waals surface area contributed by atoms with Gasteiger partial charge in [-0.1, -0.05) is 47.1 Å². The van der Waals surface area contributed by atoms with E-state index in [1.54, 1.807) is 0 Å². The summed E-state index contributed by atoms with van der Waals surface area (Å²) in [5.41, 5.74) is 0.142. The van der Waals surface area contributed by atoms with Gasteiger partial charge in [0.2, 0.25) is 0 Å². The van der Waals surface area contributed by atoms with Crippen LogP contribution in [0.25, 0.3) is 0 Å². The fourth-order valence-corrected chi connectivity index (χ4v) is 10.4. The van der Waals surface area contributed by atoms with Crippen molar-refractivity contribution in [3.8, 4) is 0 Å². The highest BCUT2D eigenvalue weighted by molar-refractivity contribution is 5.95. The Morgan fingerprint density at radius 3 is 2.21 bits per heavy atom. The fraction of sp³-hybridized carbons (Fsp3) is 0.867. The van der Waals surface area contributed by atoms with Gasteiger partial charge in [-0.15, -0.1) is 0 Å². The second kappa shape index (κ2) is 6.99. The number of allylic oxidation sites excluding steroid dienone is 2. The monoisotopic (exact) mass is 470 g/mol. The van der Waals surface area contributed by atoms with Crippen LogP contribution in [0.4, 0.5) is 0 Å². The van der Waals surface area contributed by atoms with E-state index in [2.05, 4.69) is 41.5 Å². The summed E-state index contributed by atoms with van der Waals surface area (Å²) in [6.07, 6.45) is 9.95. The maximum Gasteiger partial charge on any atom is 0.309 e. The second-order valence-corrected chi connectivity index (χ2v) is 14.9. The van der Waals surface area contributed by atoms with Crippen molar-refractivity contribution >= 4 is 11.8 Å². The molecule has 4 nitrogen and oxygen atoms in total. The van der Waals surface area contributed by atoms with Gasteiger partial charge >= 0.3 is 5.97 Å². The van der Waals surface area contributed by atoms with Crippen LogP contribution >= 0.6 is 0 Å². The summed E-state index contributed by atoms with van der Waals surface area (Å²) >= 11 is 0. The average Bonchev–Trinajstić information content (AvgIpc) is 2.73. The van der Waals surface area contributed by atoms with Crippen molar-refractivity contribution in [1.29, 1.82) is 0 Å². The van der Waals surface area contributed by atoms with Gasteiger partial charge in [0.15, 0.2) is 5.78 Å². The lowest BCUT2D eigenvalue weighted by Gasteiger charge is -2.70. The lowest BCUT2D eigenvalue weighted by atomic mass is 9.33. The minimum atomic E-state index is -0.711. The first-order valence-electron chi connectivity index (χ1n) is 13.7. The third kappa shape index (κ3) is 2.81. The molecule has 0 aromatic heterocycles. The molecule has 0 aromatic carbocycles. The number of aliphatic hydroxyl groups is 1. The van der Waals surface area contributed by atoms with Crippen LogP contribution in [0.15, 0.2) is 11.6 Å². The molecule has 0 radical (unpaired) electrons. The summed E-state index contributed by atoms with van der Waals surface area (Å²) in [6, 6.07) is 0. The molecule has 0 aromatic rings. The quantitative estimate of drug-likeness (QED) is 0.464. The van der Waals surface area contributed by atoms with E-state index in [0.717, 1.165) is 51.4 Å². The molecule has 2 N–H and O–H groups in total. The molecule has 0 bridgehead atoms. The molecule has 34 heavy (non-hydrogen) atoms. The maximum atomic E-state index is 14.2. The van der Waals surface area contributed by atoms with Crippen LogP contribution in [0.5, 0.6) is 0 Å². The summed E-state index contributed by atoms with van der Waals surface area (Å²) < 4.78 is 0. The van der Waals surface area contributed by atoms with Crippen molar-refractivity contribution in [3.05, 3.63) is 11.6 Å². The fourth-order valence-electron chi connectivity index (χ4n) is 10.4. The van der Waals surface area contributed by atoms with Gasteiger partial charge in [0.05, 0.1) is 11.5 Å². The van der Waals surface area contributed by atoms with Crippen molar-refractivity contribution in [1.82, 2.24) is 0 Å². The number of rotatable bonds is 1. The van der Waals surface area contributed by atoms with E-state index in [0.29, 0.717) is 12.3 Å². The molecule has 5 aliphatic carbocycles. The lowest BCUT2D eigenvalue weighted by Crippen LogP contribution is -2.66. The van der Waals surface area contributed by atoms with Crippen LogP contribution < -0.4 is 0 Å². The number of carbonyl (C=O) groups excluding carboxylic acids is 1. The third-order valence-electron chi connectivity index (χ3n) is 13.1. The van der Waals surface area contributed by atoms with Crippen molar-refractivity contribution in [2.75, 3.05) is 0 Å². The molecule has 0 heterocycles. The van der Waals surface area contributed by atoms with Gasteiger partial charge in [-0.05, 0) is 110 Å². The zero-order chi connectivity index (χ0) is 25.1. The van der Waals surface area contributed by atoms with E-state index in [1.165, 1.54) is 5.57 Å². The zero-order valence-electron chi connectivity index (χ0n) is 22.5. The first kappa shape index (κ1) is 24.5. The molecule has 0 amide bonds. The number of aliphatic hydroxyl groups excluding tert-OH is 1. The Hall–Kier alpha value is -1.16. The molecule has 5 aliphatic rings. The Balaban J connectivity index is 1.62. The molecular weight excluding hydrogens is 424 g/mol. The van der Waals surface area contributed by atoms with Crippen LogP contribution in [-0.2, 0) is 9.59 Å². The first-order chi connectivity index (χ1) is 15.6. The largest absolute Gasteiger partial charge is 0.481 e. The highest BCUT2D eigenvalue weighted by Gasteiger charge is 2.70. The van der Waals surface area contributed by atoms with Gasteiger partial charge < -0.3 is 10.2 Å². The molecule has 5 rings (SSSR count). The normalized spacial score (nSPS) is 54.1. The van der Waals surface area contributed by atoms with Gasteiger partial charge in [0.1, 0.15) is 0 Å². The molecule has 0 aliphatic heterocycles. The van der Waals surface area contributed by atoms with Crippen LogP contribution in [0.3, 0.4) is 0 Å². The molecule has 0 spiro atoms. The number of carboxylic acids is 1. The van der Waals surface area contributed by atoms with Crippen molar-refractivity contribution in [2.24, 2.45) is 50.2 Å². The summed E-state index contributed by atoms with van der Waals surface area (Å²) in [5.74, 6) is 0.0603. The standard InChI is InChI=1S/C30H46O4/c1-25(2)21-8-11-30(7)23(28(21,5)10-9-22(25)32)20(31)16-18-19-17-27(4,24(33)34)13-12-26(19,3)14-15-29(18,30)6/h16,19,21-23,32H,8-15,17H2,1-7H3,(H,33,34)/t19-,21?,22?,23?,26+,27-,28-,29+,30+/m0/s1. The molecule has 9 atom stereocenters. The Morgan fingerprint density at radius 1 is 0.912 bits per heavy atom. The van der Waals surface area contributed by atoms with E-state index in [9.17, 15) is 19.8 Å². The van der Waals surface area contributed by atoms with E-state index < -0.39 is 11.4 Å². The van der Waals surface area contributed by atoms with Crippen molar-refractivity contribution in [2.45, 2.75) is 112 Å². The number of hydrogen-bond donors (Lipinski definition) is 2. The summed E-state index contributed by atoms with van der Waals surface area (Å²) in [5, 5.41) is 20.9. The Bertz CT molecular complexity index is 965. The molecule has 3 unspecified atom stereocenters. The Labute approximate surface area is 206 Å². The predicted octanol–water partition coefficient (Wildman–Crippen LogP) is 6.41. The smallest absolute Gasteiger partial charge is 0.309 e. The van der Waals surface area contributed by atoms with Crippen molar-refractivity contribution < 1.29 is 19.8 Å². The molecule has 0 saturated heterocycles. The minimum Gasteiger partial charge on any atom is -0.481 e. The lowest BCUT2D eigenvalue weighted by molar-refractivity contribution is -0.202. The summed E-state index contributed by atoms with van der Waals surface area (Å²) in [7, 11) is 0. The van der Waals surface area contributed by atoms with Gasteiger partial charge in [-0.3, -0.25) is 9.59 Å². The third-order valence-corrected chi connectivity index (χ3v) is 13.1. The van der Waals surface area contributed by atoms with Gasteiger partial charge in [-0.2, -0.15) is 0 Å². The van der Waals surface area contributed by atoms with E-state index in [-0.39, 0.29) is 50.8 Å². The van der Waals surface area contributed by atoms with Gasteiger partial charge in [0, 0.05) is 5.92 Å². The van der Waals surface area contributed by atoms with Crippen LogP contribution in [0.2, 0.25) is 0 Å². The number of carboxylic acid groups (broad SMARTS) is 1. The molecule has 4 heteroatoms. The molecule has 4 saturated carbocycles. The summed E-state index contributed by atoms with van der Waals surface area (Å²) in [6.45, 7) is 15.8. The topological polar surface area (TPSA) is 74.6 Å².